The number of fused-ring (bicyclic) bond motifs is 1. The SMILES string of the molecule is CSCc1ccc(C(=O)N(C)Cc2nc3ccccc3s2)cc1. The Balaban J connectivity index is 1.71. The molecule has 0 saturated carbocycles. The maximum absolute atomic E-state index is 12.5. The van der Waals surface area contributed by atoms with Gasteiger partial charge in [0, 0.05) is 18.4 Å². The average molecular weight is 342 g/mol. The Kier molecular flexibility index (Phi) is 4.98. The van der Waals surface area contributed by atoms with Gasteiger partial charge in [-0.3, -0.25) is 4.79 Å². The molecule has 0 radical (unpaired) electrons. The van der Waals surface area contributed by atoms with E-state index in [1.165, 1.54) is 5.56 Å². The van der Waals surface area contributed by atoms with Crippen LogP contribution in [0, 0.1) is 0 Å². The molecule has 3 nitrogen and oxygen atoms in total. The van der Waals surface area contributed by atoms with Gasteiger partial charge in [0.2, 0.25) is 0 Å². The van der Waals surface area contributed by atoms with Crippen LogP contribution in [0.2, 0.25) is 0 Å². The summed E-state index contributed by atoms with van der Waals surface area (Å²) in [6.45, 7) is 0.532. The van der Waals surface area contributed by atoms with Crippen molar-refractivity contribution < 1.29 is 4.79 Å². The summed E-state index contributed by atoms with van der Waals surface area (Å²) in [7, 11) is 1.82. The second-order valence-corrected chi connectivity index (χ2v) is 7.35. The van der Waals surface area contributed by atoms with Gasteiger partial charge < -0.3 is 4.90 Å². The summed E-state index contributed by atoms with van der Waals surface area (Å²) in [6, 6.07) is 15.9. The van der Waals surface area contributed by atoms with Crippen molar-refractivity contribution in [1.82, 2.24) is 9.88 Å². The lowest BCUT2D eigenvalue weighted by Crippen LogP contribution is -2.26. The molecule has 0 saturated heterocycles. The number of benzene rings is 2. The maximum atomic E-state index is 12.5. The molecule has 0 N–H and O–H groups in total. The zero-order valence-electron chi connectivity index (χ0n) is 13.2. The van der Waals surface area contributed by atoms with Crippen LogP contribution in [0.25, 0.3) is 10.2 Å². The first-order chi connectivity index (χ1) is 11.2. The molecule has 1 heterocycles. The number of amides is 1. The van der Waals surface area contributed by atoms with E-state index in [-0.39, 0.29) is 5.91 Å². The Bertz CT molecular complexity index is 778. The van der Waals surface area contributed by atoms with E-state index in [9.17, 15) is 4.79 Å². The minimum absolute atomic E-state index is 0.0277. The van der Waals surface area contributed by atoms with Crippen LogP contribution >= 0.6 is 23.1 Å². The van der Waals surface area contributed by atoms with Gasteiger partial charge >= 0.3 is 0 Å². The predicted octanol–water partition coefficient (Wildman–Crippen LogP) is 4.43. The zero-order valence-corrected chi connectivity index (χ0v) is 14.8. The van der Waals surface area contributed by atoms with Crippen LogP contribution in [0.15, 0.2) is 48.5 Å². The summed E-state index contributed by atoms with van der Waals surface area (Å²) in [5.74, 6) is 0.996. The molecule has 5 heteroatoms. The topological polar surface area (TPSA) is 33.2 Å². The van der Waals surface area contributed by atoms with Crippen LogP contribution in [-0.2, 0) is 12.3 Å². The van der Waals surface area contributed by atoms with E-state index in [0.29, 0.717) is 6.54 Å². The van der Waals surface area contributed by atoms with Crippen LogP contribution in [0.4, 0.5) is 0 Å². The molecule has 0 unspecified atom stereocenters. The predicted molar refractivity (Wildman–Crippen MR) is 99.1 cm³/mol. The highest BCUT2D eigenvalue weighted by atomic mass is 32.2. The summed E-state index contributed by atoms with van der Waals surface area (Å²) in [6.07, 6.45) is 2.07. The highest BCUT2D eigenvalue weighted by Crippen LogP contribution is 2.22. The third-order valence-electron chi connectivity index (χ3n) is 3.57. The van der Waals surface area contributed by atoms with Gasteiger partial charge in [-0.1, -0.05) is 24.3 Å². The van der Waals surface area contributed by atoms with E-state index < -0.39 is 0 Å². The molecule has 1 aromatic heterocycles. The van der Waals surface area contributed by atoms with Crippen molar-refractivity contribution in [3.05, 3.63) is 64.7 Å². The standard InChI is InChI=1S/C18H18N2OS2/c1-20(11-17-19-15-5-3-4-6-16(15)23-17)18(21)14-9-7-13(8-10-14)12-22-2/h3-10H,11-12H2,1-2H3. The summed E-state index contributed by atoms with van der Waals surface area (Å²) in [5, 5.41) is 0.959. The number of rotatable bonds is 5. The van der Waals surface area contributed by atoms with Crippen molar-refractivity contribution in [3.8, 4) is 0 Å². The number of hydrogen-bond acceptors (Lipinski definition) is 4. The number of nitrogens with zero attached hydrogens (tertiary/aromatic N) is 2. The smallest absolute Gasteiger partial charge is 0.253 e. The molecule has 0 aliphatic heterocycles. The molecule has 23 heavy (non-hydrogen) atoms. The first-order valence-electron chi connectivity index (χ1n) is 7.35. The summed E-state index contributed by atoms with van der Waals surface area (Å²) in [5.41, 5.74) is 2.95. The average Bonchev–Trinajstić information content (AvgIpc) is 2.97. The molecule has 1 amide bonds. The normalized spacial score (nSPS) is 10.9. The molecule has 0 aliphatic rings. The lowest BCUT2D eigenvalue weighted by atomic mass is 10.1. The minimum atomic E-state index is 0.0277. The molecule has 3 aromatic rings. The molecular weight excluding hydrogens is 324 g/mol. The molecule has 0 bridgehead atoms. The van der Waals surface area contributed by atoms with Gasteiger partial charge in [-0.05, 0) is 36.1 Å². The number of hydrogen-bond donors (Lipinski definition) is 0. The molecule has 118 valence electrons. The molecule has 0 spiro atoms. The fraction of sp³-hybridized carbons (Fsp3) is 0.222. The van der Waals surface area contributed by atoms with Crippen molar-refractivity contribution in [1.29, 1.82) is 0 Å². The number of thiazole rings is 1. The van der Waals surface area contributed by atoms with E-state index in [2.05, 4.69) is 17.3 Å². The van der Waals surface area contributed by atoms with Crippen LogP contribution in [0.3, 0.4) is 0 Å². The van der Waals surface area contributed by atoms with Crippen LogP contribution in [-0.4, -0.2) is 29.1 Å². The van der Waals surface area contributed by atoms with Crippen molar-refractivity contribution in [2.45, 2.75) is 12.3 Å². The molecule has 3 rings (SSSR count). The fourth-order valence-corrected chi connectivity index (χ4v) is 3.94. The van der Waals surface area contributed by atoms with Crippen LogP contribution < -0.4 is 0 Å². The van der Waals surface area contributed by atoms with Crippen molar-refractivity contribution >= 4 is 39.2 Å². The molecular formula is C18H18N2OS2. The third-order valence-corrected chi connectivity index (χ3v) is 5.21. The van der Waals surface area contributed by atoms with Gasteiger partial charge in [0.1, 0.15) is 5.01 Å². The largest absolute Gasteiger partial charge is 0.335 e. The summed E-state index contributed by atoms with van der Waals surface area (Å²) < 4.78 is 1.16. The Morgan fingerprint density at radius 3 is 2.61 bits per heavy atom. The Morgan fingerprint density at radius 2 is 1.91 bits per heavy atom. The quantitative estimate of drug-likeness (QED) is 0.687. The van der Waals surface area contributed by atoms with Crippen molar-refractivity contribution in [3.63, 3.8) is 0 Å². The highest BCUT2D eigenvalue weighted by Gasteiger charge is 2.14. The molecule has 0 aliphatic carbocycles. The lowest BCUT2D eigenvalue weighted by molar-refractivity contribution is 0.0785. The number of thioether (sulfide) groups is 1. The second kappa shape index (κ2) is 7.15. The van der Waals surface area contributed by atoms with Gasteiger partial charge in [-0.15, -0.1) is 11.3 Å². The highest BCUT2D eigenvalue weighted by molar-refractivity contribution is 7.97. The minimum Gasteiger partial charge on any atom is -0.335 e. The third kappa shape index (κ3) is 3.74. The number of aromatic nitrogens is 1. The summed E-state index contributed by atoms with van der Waals surface area (Å²) in [4.78, 5) is 18.8. The van der Waals surface area contributed by atoms with Gasteiger partial charge in [-0.2, -0.15) is 11.8 Å². The number of para-hydroxylation sites is 1. The fourth-order valence-electron chi connectivity index (χ4n) is 2.39. The van der Waals surface area contributed by atoms with E-state index in [0.717, 1.165) is 26.5 Å². The van der Waals surface area contributed by atoms with E-state index in [1.807, 2.05) is 49.5 Å². The van der Waals surface area contributed by atoms with E-state index >= 15 is 0 Å². The second-order valence-electron chi connectivity index (χ2n) is 5.37. The Morgan fingerprint density at radius 1 is 1.17 bits per heavy atom. The van der Waals surface area contributed by atoms with Gasteiger partial charge in [-0.25, -0.2) is 4.98 Å². The van der Waals surface area contributed by atoms with Crippen LogP contribution in [0.1, 0.15) is 20.9 Å². The zero-order chi connectivity index (χ0) is 16.2. The van der Waals surface area contributed by atoms with Gasteiger partial charge in [0.25, 0.3) is 5.91 Å². The Hall–Kier alpha value is -1.85. The maximum Gasteiger partial charge on any atom is 0.253 e. The van der Waals surface area contributed by atoms with E-state index in [4.69, 9.17) is 0 Å². The first kappa shape index (κ1) is 16.0. The van der Waals surface area contributed by atoms with Crippen LogP contribution in [0.5, 0.6) is 0 Å². The van der Waals surface area contributed by atoms with Gasteiger partial charge in [0.15, 0.2) is 0 Å². The van der Waals surface area contributed by atoms with Gasteiger partial charge in [0.05, 0.1) is 16.8 Å². The van der Waals surface area contributed by atoms with E-state index in [1.54, 1.807) is 28.0 Å². The molecule has 0 atom stereocenters. The first-order valence-corrected chi connectivity index (χ1v) is 9.56. The molecule has 2 aromatic carbocycles. The van der Waals surface area contributed by atoms with Crippen molar-refractivity contribution in [2.75, 3.05) is 13.3 Å². The lowest BCUT2D eigenvalue weighted by Gasteiger charge is -2.15. The Labute approximate surface area is 144 Å². The number of carbonyl (C=O) groups is 1. The monoisotopic (exact) mass is 342 g/mol. The number of carbonyl (C=O) groups excluding carboxylic acids is 1. The molecule has 0 fully saturated rings. The summed E-state index contributed by atoms with van der Waals surface area (Å²) >= 11 is 3.42. The van der Waals surface area contributed by atoms with Crippen molar-refractivity contribution in [2.24, 2.45) is 0 Å².